The monoisotopic (exact) mass is 467 g/mol. The third-order valence-corrected chi connectivity index (χ3v) is 6.84. The lowest BCUT2D eigenvalue weighted by atomic mass is 9.80. The van der Waals surface area contributed by atoms with Gasteiger partial charge < -0.3 is 24.2 Å². The Morgan fingerprint density at radius 1 is 1.18 bits per heavy atom. The molecule has 2 fully saturated rings. The van der Waals surface area contributed by atoms with Gasteiger partial charge in [0.05, 0.1) is 30.5 Å². The van der Waals surface area contributed by atoms with Crippen molar-refractivity contribution in [3.05, 3.63) is 65.2 Å². The van der Waals surface area contributed by atoms with Crippen LogP contribution in [-0.2, 0) is 16.1 Å². The van der Waals surface area contributed by atoms with Crippen molar-refractivity contribution in [1.29, 1.82) is 0 Å². The van der Waals surface area contributed by atoms with E-state index in [1.165, 1.54) is 5.56 Å². The van der Waals surface area contributed by atoms with Gasteiger partial charge in [0.1, 0.15) is 5.75 Å². The first-order valence-corrected chi connectivity index (χ1v) is 12.5. The molecule has 1 spiro atoms. The summed E-state index contributed by atoms with van der Waals surface area (Å²) in [6, 6.07) is 15.7. The largest absolute Gasteiger partial charge is 0.491 e. The molecule has 34 heavy (non-hydrogen) atoms. The molecule has 2 aromatic rings. The summed E-state index contributed by atoms with van der Waals surface area (Å²) in [4.78, 5) is 15.2. The minimum absolute atomic E-state index is 0.000791. The van der Waals surface area contributed by atoms with Crippen molar-refractivity contribution in [1.82, 2.24) is 4.90 Å². The van der Waals surface area contributed by atoms with Gasteiger partial charge >= 0.3 is 0 Å². The van der Waals surface area contributed by atoms with E-state index in [1.807, 2.05) is 31.7 Å². The SMILES string of the molecule is CCO[C@H]1C[C@@H](c2ccccc2)OC2(CCN(C(=O)c3ccc(OC(C)C)c(CO)c3)CC2)C1. The number of benzene rings is 2. The zero-order valence-corrected chi connectivity index (χ0v) is 20.5. The highest BCUT2D eigenvalue weighted by molar-refractivity contribution is 5.94. The number of aliphatic hydroxyl groups is 1. The molecule has 0 aliphatic carbocycles. The number of carbonyl (C=O) groups is 1. The van der Waals surface area contributed by atoms with Crippen LogP contribution >= 0.6 is 0 Å². The number of likely N-dealkylation sites (tertiary alicyclic amines) is 1. The summed E-state index contributed by atoms with van der Waals surface area (Å²) in [6.45, 7) is 7.72. The van der Waals surface area contributed by atoms with Crippen LogP contribution < -0.4 is 4.74 Å². The van der Waals surface area contributed by atoms with Crippen molar-refractivity contribution in [2.45, 2.75) is 77.0 Å². The highest BCUT2D eigenvalue weighted by atomic mass is 16.5. The van der Waals surface area contributed by atoms with Crippen LogP contribution in [0.15, 0.2) is 48.5 Å². The predicted octanol–water partition coefficient (Wildman–Crippen LogP) is 4.90. The normalized spacial score (nSPS) is 22.2. The van der Waals surface area contributed by atoms with Gasteiger partial charge in [0, 0.05) is 43.7 Å². The Morgan fingerprint density at radius 3 is 2.56 bits per heavy atom. The van der Waals surface area contributed by atoms with Crippen LogP contribution in [0.4, 0.5) is 0 Å². The molecule has 1 amide bonds. The Bertz CT molecular complexity index is 953. The minimum atomic E-state index is -0.277. The summed E-state index contributed by atoms with van der Waals surface area (Å²) in [5.41, 5.74) is 2.12. The third kappa shape index (κ3) is 5.62. The fraction of sp³-hybridized carbons (Fsp3) is 0.536. The molecule has 0 bridgehead atoms. The Morgan fingerprint density at radius 2 is 1.91 bits per heavy atom. The van der Waals surface area contributed by atoms with Crippen LogP contribution in [0.5, 0.6) is 5.75 Å². The first-order chi connectivity index (χ1) is 16.4. The number of nitrogens with zero attached hydrogens (tertiary/aromatic N) is 1. The molecule has 2 aliphatic heterocycles. The van der Waals surface area contributed by atoms with E-state index < -0.39 is 0 Å². The van der Waals surface area contributed by atoms with E-state index in [9.17, 15) is 9.90 Å². The Balaban J connectivity index is 1.45. The van der Waals surface area contributed by atoms with Crippen LogP contribution in [0.1, 0.15) is 74.0 Å². The zero-order chi connectivity index (χ0) is 24.1. The van der Waals surface area contributed by atoms with Crippen LogP contribution in [0, 0.1) is 0 Å². The fourth-order valence-electron chi connectivity index (χ4n) is 5.20. The first kappa shape index (κ1) is 24.7. The highest BCUT2D eigenvalue weighted by Gasteiger charge is 2.45. The van der Waals surface area contributed by atoms with E-state index in [-0.39, 0.29) is 36.4 Å². The van der Waals surface area contributed by atoms with Gasteiger partial charge in [-0.25, -0.2) is 0 Å². The fourth-order valence-corrected chi connectivity index (χ4v) is 5.20. The van der Waals surface area contributed by atoms with Crippen LogP contribution in [0.3, 0.4) is 0 Å². The highest BCUT2D eigenvalue weighted by Crippen LogP contribution is 2.44. The second kappa shape index (κ2) is 10.9. The quantitative estimate of drug-likeness (QED) is 0.627. The smallest absolute Gasteiger partial charge is 0.253 e. The molecule has 0 radical (unpaired) electrons. The molecule has 1 N–H and O–H groups in total. The number of aliphatic hydroxyl groups excluding tert-OH is 1. The van der Waals surface area contributed by atoms with Crippen LogP contribution in [-0.4, -0.2) is 53.4 Å². The molecule has 2 aromatic carbocycles. The maximum absolute atomic E-state index is 13.3. The van der Waals surface area contributed by atoms with E-state index in [4.69, 9.17) is 14.2 Å². The zero-order valence-electron chi connectivity index (χ0n) is 20.5. The van der Waals surface area contributed by atoms with Gasteiger partial charge in [0.15, 0.2) is 0 Å². The van der Waals surface area contributed by atoms with E-state index in [0.717, 1.165) is 25.7 Å². The Hall–Kier alpha value is -2.41. The number of amides is 1. The van der Waals surface area contributed by atoms with Gasteiger partial charge in [-0.1, -0.05) is 30.3 Å². The van der Waals surface area contributed by atoms with E-state index in [2.05, 4.69) is 24.3 Å². The molecule has 6 heteroatoms. The number of rotatable bonds is 7. The van der Waals surface area contributed by atoms with Gasteiger partial charge in [0.2, 0.25) is 0 Å². The average Bonchev–Trinajstić information content (AvgIpc) is 2.84. The number of carbonyl (C=O) groups excluding carboxylic acids is 1. The standard InChI is InChI=1S/C28H37NO5/c1-4-32-24-17-26(21-8-6-5-7-9-21)34-28(18-24)12-14-29(15-13-28)27(31)22-10-11-25(33-20(2)3)23(16-22)19-30/h5-11,16,20,24,26,30H,4,12-15,17-19H2,1-3H3/t24-,26-/m0/s1. The number of hydrogen-bond acceptors (Lipinski definition) is 5. The summed E-state index contributed by atoms with van der Waals surface area (Å²) in [5, 5.41) is 9.77. The molecule has 184 valence electrons. The lowest BCUT2D eigenvalue weighted by Crippen LogP contribution is -2.52. The van der Waals surface area contributed by atoms with Crippen molar-refractivity contribution in [3.8, 4) is 5.75 Å². The summed E-state index contributed by atoms with van der Waals surface area (Å²) in [6.07, 6.45) is 3.46. The maximum Gasteiger partial charge on any atom is 0.253 e. The molecule has 0 saturated carbocycles. The van der Waals surface area contributed by atoms with Crippen molar-refractivity contribution in [2.24, 2.45) is 0 Å². The van der Waals surface area contributed by atoms with Crippen LogP contribution in [0.25, 0.3) is 0 Å². The summed E-state index contributed by atoms with van der Waals surface area (Å²) < 4.78 is 18.6. The Labute approximate surface area is 202 Å². The molecular weight excluding hydrogens is 430 g/mol. The van der Waals surface area contributed by atoms with Gasteiger partial charge in [-0.2, -0.15) is 0 Å². The number of ether oxygens (including phenoxy) is 3. The molecule has 6 nitrogen and oxygen atoms in total. The minimum Gasteiger partial charge on any atom is -0.491 e. The molecule has 4 rings (SSSR count). The van der Waals surface area contributed by atoms with Gasteiger partial charge in [0.25, 0.3) is 5.91 Å². The Kier molecular flexibility index (Phi) is 7.91. The lowest BCUT2D eigenvalue weighted by Gasteiger charge is -2.48. The van der Waals surface area contributed by atoms with E-state index in [1.54, 1.807) is 18.2 Å². The summed E-state index contributed by atoms with van der Waals surface area (Å²) in [7, 11) is 0. The van der Waals surface area contributed by atoms with Gasteiger partial charge in [-0.3, -0.25) is 4.79 Å². The molecule has 0 aromatic heterocycles. The van der Waals surface area contributed by atoms with Crippen LogP contribution in [0.2, 0.25) is 0 Å². The molecule has 2 aliphatic rings. The maximum atomic E-state index is 13.3. The van der Waals surface area contributed by atoms with E-state index in [0.29, 0.717) is 36.6 Å². The lowest BCUT2D eigenvalue weighted by molar-refractivity contribution is -0.190. The number of hydrogen-bond donors (Lipinski definition) is 1. The molecule has 2 atom stereocenters. The second-order valence-electron chi connectivity index (χ2n) is 9.66. The molecular formula is C28H37NO5. The molecule has 2 saturated heterocycles. The number of piperidine rings is 1. The topological polar surface area (TPSA) is 68.2 Å². The average molecular weight is 468 g/mol. The molecule has 0 unspecified atom stereocenters. The predicted molar refractivity (Wildman–Crippen MR) is 131 cm³/mol. The third-order valence-electron chi connectivity index (χ3n) is 6.84. The van der Waals surface area contributed by atoms with Gasteiger partial charge in [-0.05, 0) is 57.4 Å². The van der Waals surface area contributed by atoms with Crippen molar-refractivity contribution < 1.29 is 24.1 Å². The summed E-state index contributed by atoms with van der Waals surface area (Å²) >= 11 is 0. The van der Waals surface area contributed by atoms with Crippen molar-refractivity contribution in [2.75, 3.05) is 19.7 Å². The first-order valence-electron chi connectivity index (χ1n) is 12.5. The molecule has 2 heterocycles. The second-order valence-corrected chi connectivity index (χ2v) is 9.66. The summed E-state index contributed by atoms with van der Waals surface area (Å²) in [5.74, 6) is 0.605. The van der Waals surface area contributed by atoms with Crippen molar-refractivity contribution >= 4 is 5.91 Å². The van der Waals surface area contributed by atoms with Crippen molar-refractivity contribution in [3.63, 3.8) is 0 Å². The van der Waals surface area contributed by atoms with E-state index >= 15 is 0 Å². The van der Waals surface area contributed by atoms with Gasteiger partial charge in [-0.15, -0.1) is 0 Å².